The second kappa shape index (κ2) is 8.13. The van der Waals surface area contributed by atoms with E-state index < -0.39 is 0 Å². The van der Waals surface area contributed by atoms with Gasteiger partial charge in [-0.05, 0) is 30.5 Å². The number of hydrogen-bond acceptors (Lipinski definition) is 2. The Bertz CT molecular complexity index is 806. The quantitative estimate of drug-likeness (QED) is 0.896. The molecule has 2 amide bonds. The summed E-state index contributed by atoms with van der Waals surface area (Å²) in [7, 11) is 0. The van der Waals surface area contributed by atoms with Crippen molar-refractivity contribution in [3.63, 3.8) is 0 Å². The predicted molar refractivity (Wildman–Crippen MR) is 97.6 cm³/mol. The van der Waals surface area contributed by atoms with E-state index in [0.717, 1.165) is 11.1 Å². The van der Waals surface area contributed by atoms with E-state index in [1.807, 2.05) is 31.2 Å². The maximum atomic E-state index is 13.9. The number of piperidine rings is 1. The van der Waals surface area contributed by atoms with E-state index in [0.29, 0.717) is 31.5 Å². The van der Waals surface area contributed by atoms with Crippen LogP contribution in [0.5, 0.6) is 0 Å². The van der Waals surface area contributed by atoms with Crippen molar-refractivity contribution >= 4 is 11.8 Å². The second-order valence-corrected chi connectivity index (χ2v) is 6.75. The van der Waals surface area contributed by atoms with Crippen molar-refractivity contribution in [2.75, 3.05) is 6.54 Å². The third-order valence-electron chi connectivity index (χ3n) is 4.90. The lowest BCUT2D eigenvalue weighted by Gasteiger charge is -2.32. The minimum Gasteiger partial charge on any atom is -0.352 e. The van der Waals surface area contributed by atoms with Crippen LogP contribution >= 0.6 is 0 Å². The molecule has 2 aromatic rings. The first-order valence-electron chi connectivity index (χ1n) is 8.88. The maximum Gasteiger partial charge on any atom is 0.225 e. The number of aryl methyl sites for hydroxylation is 1. The Kier molecular flexibility index (Phi) is 5.66. The highest BCUT2D eigenvalue weighted by atomic mass is 19.1. The molecule has 3 rings (SSSR count). The number of carbonyl (C=O) groups excluding carboxylic acids is 2. The van der Waals surface area contributed by atoms with Crippen molar-refractivity contribution < 1.29 is 14.0 Å². The second-order valence-electron chi connectivity index (χ2n) is 6.75. The number of amides is 2. The number of benzene rings is 2. The Hall–Kier alpha value is -2.69. The van der Waals surface area contributed by atoms with Crippen LogP contribution in [0.2, 0.25) is 0 Å². The smallest absolute Gasteiger partial charge is 0.225 e. The Morgan fingerprint density at radius 3 is 2.58 bits per heavy atom. The Labute approximate surface area is 153 Å². The van der Waals surface area contributed by atoms with Crippen molar-refractivity contribution in [1.29, 1.82) is 0 Å². The van der Waals surface area contributed by atoms with Gasteiger partial charge in [0.25, 0.3) is 0 Å². The molecule has 2 aromatic carbocycles. The zero-order chi connectivity index (χ0) is 18.5. The molecule has 0 radical (unpaired) electrons. The summed E-state index contributed by atoms with van der Waals surface area (Å²) in [5.41, 5.74) is 2.69. The summed E-state index contributed by atoms with van der Waals surface area (Å²) in [6.07, 6.45) is 0.850. The van der Waals surface area contributed by atoms with E-state index in [1.54, 1.807) is 23.1 Å². The summed E-state index contributed by atoms with van der Waals surface area (Å²) in [5, 5.41) is 2.97. The molecular weight excluding hydrogens is 331 g/mol. The fraction of sp³-hybridized carbons (Fsp3) is 0.333. The van der Waals surface area contributed by atoms with E-state index in [2.05, 4.69) is 5.32 Å². The standard InChI is InChI=1S/C21H23FN2O2/c1-15-6-2-3-7-16(15)12-23-21(26)18-10-11-20(25)24(14-18)13-17-8-4-5-9-19(17)22/h2-9,18H,10-14H2,1H3,(H,23,26)/t18-/m1/s1. The number of carbonyl (C=O) groups is 2. The third-order valence-corrected chi connectivity index (χ3v) is 4.90. The third kappa shape index (κ3) is 4.28. The van der Waals surface area contributed by atoms with Gasteiger partial charge in [-0.2, -0.15) is 0 Å². The van der Waals surface area contributed by atoms with Gasteiger partial charge in [0.15, 0.2) is 0 Å². The molecule has 1 fully saturated rings. The molecule has 1 heterocycles. The summed E-state index contributed by atoms with van der Waals surface area (Å²) in [6.45, 7) is 3.01. The summed E-state index contributed by atoms with van der Waals surface area (Å²) < 4.78 is 13.9. The molecule has 0 spiro atoms. The first kappa shape index (κ1) is 18.1. The van der Waals surface area contributed by atoms with Crippen molar-refractivity contribution in [3.05, 3.63) is 71.0 Å². The number of likely N-dealkylation sites (tertiary alicyclic amines) is 1. The molecule has 0 bridgehead atoms. The van der Waals surface area contributed by atoms with Gasteiger partial charge < -0.3 is 10.2 Å². The van der Waals surface area contributed by atoms with E-state index in [9.17, 15) is 14.0 Å². The van der Waals surface area contributed by atoms with Crippen LogP contribution in [0, 0.1) is 18.7 Å². The zero-order valence-electron chi connectivity index (χ0n) is 14.9. The van der Waals surface area contributed by atoms with E-state index in [4.69, 9.17) is 0 Å². The topological polar surface area (TPSA) is 49.4 Å². The molecule has 1 N–H and O–H groups in total. The van der Waals surface area contributed by atoms with Crippen LogP contribution in [0.15, 0.2) is 48.5 Å². The van der Waals surface area contributed by atoms with Gasteiger partial charge in [0.1, 0.15) is 5.82 Å². The SMILES string of the molecule is Cc1ccccc1CNC(=O)[C@@H]1CCC(=O)N(Cc2ccccc2F)C1. The molecule has 1 saturated heterocycles. The minimum absolute atomic E-state index is 0.0313. The Morgan fingerprint density at radius 2 is 1.85 bits per heavy atom. The molecule has 0 aliphatic carbocycles. The van der Waals surface area contributed by atoms with E-state index in [-0.39, 0.29) is 30.1 Å². The number of nitrogens with one attached hydrogen (secondary N) is 1. The first-order valence-corrected chi connectivity index (χ1v) is 8.88. The molecule has 0 unspecified atom stereocenters. The van der Waals surface area contributed by atoms with Gasteiger partial charge in [-0.3, -0.25) is 9.59 Å². The van der Waals surface area contributed by atoms with Crippen molar-refractivity contribution in [3.8, 4) is 0 Å². The van der Waals surface area contributed by atoms with E-state index >= 15 is 0 Å². The molecule has 1 aliphatic rings. The lowest BCUT2D eigenvalue weighted by Crippen LogP contribution is -2.45. The average Bonchev–Trinajstić information content (AvgIpc) is 2.64. The summed E-state index contributed by atoms with van der Waals surface area (Å²) >= 11 is 0. The van der Waals surface area contributed by atoms with Crippen LogP contribution < -0.4 is 5.32 Å². The monoisotopic (exact) mass is 354 g/mol. The number of hydrogen-bond donors (Lipinski definition) is 1. The normalized spacial score (nSPS) is 17.2. The summed E-state index contributed by atoms with van der Waals surface area (Å²) in [6, 6.07) is 14.3. The van der Waals surface area contributed by atoms with Gasteiger partial charge in [0.05, 0.1) is 5.92 Å². The highest BCUT2D eigenvalue weighted by Gasteiger charge is 2.30. The van der Waals surface area contributed by atoms with Crippen molar-refractivity contribution in [1.82, 2.24) is 10.2 Å². The Balaban J connectivity index is 1.60. The Morgan fingerprint density at radius 1 is 1.15 bits per heavy atom. The molecule has 0 aromatic heterocycles. The van der Waals surface area contributed by atoms with E-state index in [1.165, 1.54) is 6.07 Å². The summed E-state index contributed by atoms with van der Waals surface area (Å²) in [4.78, 5) is 26.3. The minimum atomic E-state index is -0.327. The molecule has 5 heteroatoms. The van der Waals surface area contributed by atoms with Crippen LogP contribution in [0.4, 0.5) is 4.39 Å². The number of halogens is 1. The lowest BCUT2D eigenvalue weighted by molar-refractivity contribution is -0.139. The fourth-order valence-electron chi connectivity index (χ4n) is 3.25. The number of rotatable bonds is 5. The molecule has 4 nitrogen and oxygen atoms in total. The first-order chi connectivity index (χ1) is 12.5. The highest BCUT2D eigenvalue weighted by Crippen LogP contribution is 2.21. The van der Waals surface area contributed by atoms with Gasteiger partial charge in [0, 0.05) is 31.6 Å². The molecule has 1 atom stereocenters. The molecule has 1 aliphatic heterocycles. The molecule has 0 saturated carbocycles. The molecule has 136 valence electrons. The van der Waals surface area contributed by atoms with Gasteiger partial charge in [-0.1, -0.05) is 42.5 Å². The molecule has 26 heavy (non-hydrogen) atoms. The largest absolute Gasteiger partial charge is 0.352 e. The van der Waals surface area contributed by atoms with Crippen molar-refractivity contribution in [2.45, 2.75) is 32.9 Å². The van der Waals surface area contributed by atoms with Crippen LogP contribution in [-0.2, 0) is 22.7 Å². The van der Waals surface area contributed by atoms with Gasteiger partial charge in [-0.15, -0.1) is 0 Å². The highest BCUT2D eigenvalue weighted by molar-refractivity contribution is 5.83. The number of nitrogens with zero attached hydrogens (tertiary/aromatic N) is 1. The molecular formula is C21H23FN2O2. The van der Waals surface area contributed by atoms with Crippen LogP contribution in [0.1, 0.15) is 29.5 Å². The average molecular weight is 354 g/mol. The van der Waals surface area contributed by atoms with Crippen LogP contribution in [-0.4, -0.2) is 23.3 Å². The van der Waals surface area contributed by atoms with Gasteiger partial charge in [0.2, 0.25) is 11.8 Å². The van der Waals surface area contributed by atoms with Gasteiger partial charge >= 0.3 is 0 Å². The summed E-state index contributed by atoms with van der Waals surface area (Å²) in [5.74, 6) is -0.676. The maximum absolute atomic E-state index is 13.9. The predicted octanol–water partition coefficient (Wildman–Crippen LogP) is 3.19. The van der Waals surface area contributed by atoms with Gasteiger partial charge in [-0.25, -0.2) is 4.39 Å². The lowest BCUT2D eigenvalue weighted by atomic mass is 9.96. The fourth-order valence-corrected chi connectivity index (χ4v) is 3.25. The van der Waals surface area contributed by atoms with Crippen LogP contribution in [0.3, 0.4) is 0 Å². The zero-order valence-corrected chi connectivity index (χ0v) is 14.9. The van der Waals surface area contributed by atoms with Crippen LogP contribution in [0.25, 0.3) is 0 Å². The van der Waals surface area contributed by atoms with Crippen molar-refractivity contribution in [2.24, 2.45) is 5.92 Å².